The Morgan fingerprint density at radius 2 is 1.79 bits per heavy atom. The van der Waals surface area contributed by atoms with E-state index in [1.165, 1.54) is 21.8 Å². The quantitative estimate of drug-likeness (QED) is 0.377. The van der Waals surface area contributed by atoms with Gasteiger partial charge in [-0.15, -0.1) is 0 Å². The number of hydrogen-bond acceptors (Lipinski definition) is 5. The summed E-state index contributed by atoms with van der Waals surface area (Å²) in [7, 11) is 0. The number of likely N-dealkylation sites (tertiary alicyclic amines) is 1. The van der Waals surface area contributed by atoms with Crippen LogP contribution in [0.4, 0.5) is 23.8 Å². The molecule has 196 valence electrons. The van der Waals surface area contributed by atoms with E-state index in [1.807, 2.05) is 4.90 Å². The Hall–Kier alpha value is -4.15. The zero-order valence-corrected chi connectivity index (χ0v) is 20.4. The van der Waals surface area contributed by atoms with Gasteiger partial charge in [-0.2, -0.15) is 9.49 Å². The molecule has 2 saturated heterocycles. The molecule has 0 radical (unpaired) electrons. The summed E-state index contributed by atoms with van der Waals surface area (Å²) in [6.07, 6.45) is 4.46. The predicted octanol–water partition coefficient (Wildman–Crippen LogP) is 5.57. The summed E-state index contributed by atoms with van der Waals surface area (Å²) in [5, 5.41) is 13.5. The number of amides is 1. The first-order chi connectivity index (χ1) is 18.4. The molecule has 1 aromatic carbocycles. The van der Waals surface area contributed by atoms with Gasteiger partial charge in [-0.05, 0) is 62.1 Å². The molecule has 2 aliphatic rings. The Morgan fingerprint density at radius 1 is 0.974 bits per heavy atom. The zero-order chi connectivity index (χ0) is 26.4. The largest absolute Gasteiger partial charge is 0.465 e. The fraction of sp³-hybridized carbons (Fsp3) is 0.333. The maximum absolute atomic E-state index is 15.7. The van der Waals surface area contributed by atoms with Crippen molar-refractivity contribution in [2.45, 2.75) is 37.8 Å². The number of halogens is 3. The molecule has 2 fully saturated rings. The summed E-state index contributed by atoms with van der Waals surface area (Å²) in [5.41, 5.74) is 2.14. The topological polar surface area (TPSA) is 87.4 Å². The number of pyridine rings is 2. The summed E-state index contributed by atoms with van der Waals surface area (Å²) in [6.45, 7) is 1.26. The van der Waals surface area contributed by atoms with Gasteiger partial charge >= 0.3 is 6.09 Å². The highest BCUT2D eigenvalue weighted by molar-refractivity contribution is 5.92. The molecule has 0 aliphatic carbocycles. The van der Waals surface area contributed by atoms with E-state index in [9.17, 15) is 18.7 Å². The maximum Gasteiger partial charge on any atom is 0.407 e. The minimum Gasteiger partial charge on any atom is -0.465 e. The van der Waals surface area contributed by atoms with Crippen LogP contribution in [0.15, 0.2) is 48.8 Å². The fourth-order valence-electron chi connectivity index (χ4n) is 5.61. The van der Waals surface area contributed by atoms with Crippen LogP contribution in [0.5, 0.6) is 0 Å². The van der Waals surface area contributed by atoms with E-state index in [1.54, 1.807) is 24.4 Å². The Balaban J connectivity index is 1.35. The molecule has 1 atom stereocenters. The summed E-state index contributed by atoms with van der Waals surface area (Å²) in [6, 6.07) is 8.14. The number of carboxylic acid groups (broad SMARTS) is 1. The van der Waals surface area contributed by atoms with Gasteiger partial charge in [-0.1, -0.05) is 0 Å². The lowest BCUT2D eigenvalue weighted by Gasteiger charge is -2.30. The van der Waals surface area contributed by atoms with Gasteiger partial charge in [0.2, 0.25) is 5.95 Å². The lowest BCUT2D eigenvalue weighted by Crippen LogP contribution is -2.38. The minimum atomic E-state index is -0.976. The van der Waals surface area contributed by atoms with Gasteiger partial charge in [0.25, 0.3) is 0 Å². The van der Waals surface area contributed by atoms with Crippen molar-refractivity contribution in [2.75, 3.05) is 24.5 Å². The number of fused-ring (bicyclic) bond motifs is 1. The standard InChI is InChI=1S/C27H25F3N6O2/c28-16-3-4-21(29)19(14-16)23-2-1-11-35(23)24-6-5-22-25(33-24)18(7-10-31-22)20-15-32-36(26(20)30)17-8-12-34(13-9-17)27(37)38/h3-7,10,14-15,17,23H,1-2,8-9,11-13H2,(H,37,38)/t23-/m1/s1. The van der Waals surface area contributed by atoms with Crippen LogP contribution in [0, 0.1) is 17.6 Å². The Bertz CT molecular complexity index is 1520. The molecule has 1 amide bonds. The SMILES string of the molecule is O=C(O)N1CCC(n2ncc(-c3ccnc4ccc(N5CCC[C@@H]5c5cc(F)ccc5F)nc34)c2F)CC1. The number of anilines is 1. The molecule has 4 aromatic rings. The van der Waals surface area contributed by atoms with Crippen LogP contribution in [0.25, 0.3) is 22.2 Å². The van der Waals surface area contributed by atoms with Crippen molar-refractivity contribution in [3.05, 3.63) is 71.9 Å². The highest BCUT2D eigenvalue weighted by Crippen LogP contribution is 2.38. The van der Waals surface area contributed by atoms with E-state index < -0.39 is 23.7 Å². The smallest absolute Gasteiger partial charge is 0.407 e. The molecule has 0 saturated carbocycles. The first kappa shape index (κ1) is 24.2. The first-order valence-electron chi connectivity index (χ1n) is 12.6. The van der Waals surface area contributed by atoms with Crippen LogP contribution in [0.2, 0.25) is 0 Å². The second kappa shape index (κ2) is 9.62. The second-order valence-corrected chi connectivity index (χ2v) is 9.71. The molecule has 1 N–H and O–H groups in total. The monoisotopic (exact) mass is 522 g/mol. The second-order valence-electron chi connectivity index (χ2n) is 9.71. The normalized spacial score (nSPS) is 18.4. The fourth-order valence-corrected chi connectivity index (χ4v) is 5.61. The van der Waals surface area contributed by atoms with Crippen LogP contribution < -0.4 is 4.90 Å². The third kappa shape index (κ3) is 4.21. The number of rotatable bonds is 4. The number of benzene rings is 1. The average molecular weight is 523 g/mol. The Morgan fingerprint density at radius 3 is 2.58 bits per heavy atom. The van der Waals surface area contributed by atoms with Crippen LogP contribution in [0.1, 0.15) is 43.3 Å². The maximum atomic E-state index is 15.7. The lowest BCUT2D eigenvalue weighted by molar-refractivity contribution is 0.122. The van der Waals surface area contributed by atoms with E-state index in [0.29, 0.717) is 61.3 Å². The molecule has 6 rings (SSSR count). The van der Waals surface area contributed by atoms with Gasteiger partial charge < -0.3 is 14.9 Å². The highest BCUT2D eigenvalue weighted by atomic mass is 19.1. The molecule has 0 spiro atoms. The van der Waals surface area contributed by atoms with Crippen molar-refractivity contribution in [1.29, 1.82) is 0 Å². The van der Waals surface area contributed by atoms with Crippen LogP contribution in [-0.2, 0) is 0 Å². The van der Waals surface area contributed by atoms with Crippen molar-refractivity contribution in [3.8, 4) is 11.1 Å². The van der Waals surface area contributed by atoms with Gasteiger partial charge in [0.15, 0.2) is 0 Å². The Kier molecular flexibility index (Phi) is 6.13. The molecule has 5 heterocycles. The molecular formula is C27H25F3N6O2. The molecule has 38 heavy (non-hydrogen) atoms. The van der Waals surface area contributed by atoms with Crippen molar-refractivity contribution in [2.24, 2.45) is 0 Å². The van der Waals surface area contributed by atoms with E-state index in [4.69, 9.17) is 4.98 Å². The molecule has 2 aliphatic heterocycles. The molecule has 0 bridgehead atoms. The summed E-state index contributed by atoms with van der Waals surface area (Å²) in [4.78, 5) is 23.7. The van der Waals surface area contributed by atoms with Crippen molar-refractivity contribution < 1.29 is 23.1 Å². The number of nitrogens with zero attached hydrogens (tertiary/aromatic N) is 6. The molecule has 0 unspecified atom stereocenters. The van der Waals surface area contributed by atoms with Gasteiger partial charge in [0, 0.05) is 37.0 Å². The summed E-state index contributed by atoms with van der Waals surface area (Å²) in [5.74, 6) is -0.895. The highest BCUT2D eigenvalue weighted by Gasteiger charge is 2.31. The number of aromatic nitrogens is 4. The van der Waals surface area contributed by atoms with Crippen molar-refractivity contribution in [3.63, 3.8) is 0 Å². The van der Waals surface area contributed by atoms with Gasteiger partial charge in [0.1, 0.15) is 17.5 Å². The number of piperidine rings is 1. The third-order valence-electron chi connectivity index (χ3n) is 7.54. The third-order valence-corrected chi connectivity index (χ3v) is 7.54. The predicted molar refractivity (Wildman–Crippen MR) is 134 cm³/mol. The Labute approximate surface area is 216 Å². The first-order valence-corrected chi connectivity index (χ1v) is 12.6. The van der Waals surface area contributed by atoms with E-state index in [0.717, 1.165) is 18.6 Å². The molecule has 8 nitrogen and oxygen atoms in total. The summed E-state index contributed by atoms with van der Waals surface area (Å²) >= 11 is 0. The lowest BCUT2D eigenvalue weighted by atomic mass is 10.0. The minimum absolute atomic E-state index is 0.248. The molecule has 11 heteroatoms. The van der Waals surface area contributed by atoms with E-state index in [2.05, 4.69) is 10.1 Å². The van der Waals surface area contributed by atoms with Crippen molar-refractivity contribution >= 4 is 22.9 Å². The molecule has 3 aromatic heterocycles. The van der Waals surface area contributed by atoms with E-state index >= 15 is 4.39 Å². The van der Waals surface area contributed by atoms with Crippen LogP contribution in [-0.4, -0.2) is 55.5 Å². The zero-order valence-electron chi connectivity index (χ0n) is 20.4. The van der Waals surface area contributed by atoms with Crippen molar-refractivity contribution in [1.82, 2.24) is 24.6 Å². The van der Waals surface area contributed by atoms with E-state index in [-0.39, 0.29) is 23.2 Å². The van der Waals surface area contributed by atoms with Crippen LogP contribution in [0.3, 0.4) is 0 Å². The van der Waals surface area contributed by atoms with Gasteiger partial charge in [-0.25, -0.2) is 23.2 Å². The average Bonchev–Trinajstić information content (AvgIpc) is 3.56. The summed E-state index contributed by atoms with van der Waals surface area (Å²) < 4.78 is 45.5. The van der Waals surface area contributed by atoms with Gasteiger partial charge in [-0.3, -0.25) is 4.98 Å². The number of carbonyl (C=O) groups is 1. The number of hydrogen-bond donors (Lipinski definition) is 1. The molecular weight excluding hydrogens is 497 g/mol. The van der Waals surface area contributed by atoms with Crippen LogP contribution >= 0.6 is 0 Å². The van der Waals surface area contributed by atoms with Gasteiger partial charge in [0.05, 0.1) is 34.9 Å².